The lowest BCUT2D eigenvalue weighted by molar-refractivity contribution is -0.155. The van der Waals surface area contributed by atoms with Gasteiger partial charge in [0.15, 0.2) is 5.13 Å². The number of carbonyl (C=O) groups is 2. The number of nitrogen functional groups attached to an aromatic ring is 1. The molecule has 6 nitrogen and oxygen atoms in total. The van der Waals surface area contributed by atoms with Crippen LogP contribution in [0.25, 0.3) is 0 Å². The zero-order valence-electron chi connectivity index (χ0n) is 9.93. The molecule has 1 aromatic rings. The molecule has 0 saturated heterocycles. The van der Waals surface area contributed by atoms with Crippen LogP contribution in [0.4, 0.5) is 5.13 Å². The van der Waals surface area contributed by atoms with E-state index in [1.807, 2.05) is 0 Å². The number of amides is 1. The molecule has 1 rings (SSSR count). The maximum absolute atomic E-state index is 11.9. The van der Waals surface area contributed by atoms with Gasteiger partial charge in [-0.05, 0) is 13.8 Å². The molecule has 94 valence electrons. The summed E-state index contributed by atoms with van der Waals surface area (Å²) in [5.41, 5.74) is 4.78. The van der Waals surface area contributed by atoms with Crippen LogP contribution in [-0.2, 0) is 16.0 Å². The number of aromatic nitrogens is 1. The Hall–Kier alpha value is -1.63. The predicted octanol–water partition coefficient (Wildman–Crippen LogP) is 0.589. The van der Waals surface area contributed by atoms with E-state index in [-0.39, 0.29) is 12.3 Å². The second-order valence-electron chi connectivity index (χ2n) is 4.17. The number of hydrogen-bond acceptors (Lipinski definition) is 5. The van der Waals surface area contributed by atoms with Gasteiger partial charge in [0.2, 0.25) is 5.91 Å². The largest absolute Gasteiger partial charge is 0.480 e. The molecule has 0 bridgehead atoms. The van der Waals surface area contributed by atoms with E-state index >= 15 is 0 Å². The topological polar surface area (TPSA) is 96.5 Å². The van der Waals surface area contributed by atoms with Gasteiger partial charge >= 0.3 is 5.97 Å². The highest BCUT2D eigenvalue weighted by atomic mass is 32.1. The summed E-state index contributed by atoms with van der Waals surface area (Å²) in [5.74, 6) is -1.35. The van der Waals surface area contributed by atoms with Gasteiger partial charge in [0.25, 0.3) is 0 Å². The number of thiazole rings is 1. The second-order valence-corrected chi connectivity index (χ2v) is 5.06. The Bertz CT molecular complexity index is 442. The number of carboxylic acids is 1. The summed E-state index contributed by atoms with van der Waals surface area (Å²) in [5, 5.41) is 11.1. The fourth-order valence-corrected chi connectivity index (χ4v) is 1.70. The number of hydrogen-bond donors (Lipinski definition) is 2. The van der Waals surface area contributed by atoms with Crippen molar-refractivity contribution in [1.82, 2.24) is 9.88 Å². The molecule has 0 unspecified atom stereocenters. The highest BCUT2D eigenvalue weighted by molar-refractivity contribution is 7.13. The van der Waals surface area contributed by atoms with Gasteiger partial charge in [-0.1, -0.05) is 0 Å². The molecule has 0 atom stereocenters. The van der Waals surface area contributed by atoms with Crippen molar-refractivity contribution >= 4 is 28.3 Å². The van der Waals surface area contributed by atoms with Crippen LogP contribution < -0.4 is 5.73 Å². The lowest BCUT2D eigenvalue weighted by atomic mass is 10.0. The molecule has 0 aromatic carbocycles. The van der Waals surface area contributed by atoms with E-state index in [4.69, 9.17) is 10.8 Å². The zero-order chi connectivity index (χ0) is 13.2. The number of aliphatic carboxylic acids is 1. The van der Waals surface area contributed by atoms with E-state index in [1.54, 1.807) is 5.38 Å². The molecule has 0 fully saturated rings. The summed E-state index contributed by atoms with van der Waals surface area (Å²) in [7, 11) is 1.46. The molecule has 1 heterocycles. The first kappa shape index (κ1) is 13.4. The SMILES string of the molecule is CN(C(=O)Cc1csc(N)n1)C(C)(C)C(=O)O. The van der Waals surface area contributed by atoms with Crippen LogP contribution in [0.2, 0.25) is 0 Å². The lowest BCUT2D eigenvalue weighted by Gasteiger charge is -2.31. The van der Waals surface area contributed by atoms with Crippen molar-refractivity contribution in [3.8, 4) is 0 Å². The Kier molecular flexibility index (Phi) is 3.72. The number of rotatable bonds is 4. The number of carbonyl (C=O) groups excluding carboxylic acids is 1. The molecule has 0 saturated carbocycles. The Morgan fingerprint density at radius 2 is 2.18 bits per heavy atom. The van der Waals surface area contributed by atoms with Crippen LogP contribution in [0, 0.1) is 0 Å². The molecule has 0 aliphatic heterocycles. The smallest absolute Gasteiger partial charge is 0.329 e. The minimum absolute atomic E-state index is 0.0565. The van der Waals surface area contributed by atoms with Gasteiger partial charge in [-0.2, -0.15) is 0 Å². The molecule has 3 N–H and O–H groups in total. The Labute approximate surface area is 103 Å². The number of nitrogens with two attached hydrogens (primary N) is 1. The molecule has 0 spiro atoms. The van der Waals surface area contributed by atoms with Crippen molar-refractivity contribution in [3.05, 3.63) is 11.1 Å². The van der Waals surface area contributed by atoms with Gasteiger partial charge in [-0.15, -0.1) is 11.3 Å². The quantitative estimate of drug-likeness (QED) is 0.822. The molecule has 0 aliphatic carbocycles. The maximum atomic E-state index is 11.9. The monoisotopic (exact) mass is 257 g/mol. The first-order chi connectivity index (χ1) is 7.75. The Balaban J connectivity index is 2.74. The third-order valence-corrected chi connectivity index (χ3v) is 3.36. The zero-order valence-corrected chi connectivity index (χ0v) is 10.7. The van der Waals surface area contributed by atoms with Gasteiger partial charge in [0.1, 0.15) is 5.54 Å². The predicted molar refractivity (Wildman–Crippen MR) is 64.7 cm³/mol. The first-order valence-corrected chi connectivity index (χ1v) is 5.83. The maximum Gasteiger partial charge on any atom is 0.329 e. The van der Waals surface area contributed by atoms with Crippen LogP contribution in [0.3, 0.4) is 0 Å². The third-order valence-electron chi connectivity index (χ3n) is 2.64. The van der Waals surface area contributed by atoms with E-state index in [2.05, 4.69) is 4.98 Å². The number of nitrogens with zero attached hydrogens (tertiary/aromatic N) is 2. The van der Waals surface area contributed by atoms with Crippen LogP contribution in [0.15, 0.2) is 5.38 Å². The van der Waals surface area contributed by atoms with Gasteiger partial charge in [-0.25, -0.2) is 9.78 Å². The molecular weight excluding hydrogens is 242 g/mol. The first-order valence-electron chi connectivity index (χ1n) is 4.95. The molecule has 1 aromatic heterocycles. The highest BCUT2D eigenvalue weighted by Gasteiger charge is 2.35. The van der Waals surface area contributed by atoms with E-state index in [1.165, 1.54) is 37.1 Å². The van der Waals surface area contributed by atoms with E-state index in [9.17, 15) is 9.59 Å². The van der Waals surface area contributed by atoms with Crippen LogP contribution in [-0.4, -0.2) is 39.5 Å². The molecule has 0 aliphatic rings. The van der Waals surface area contributed by atoms with Crippen molar-refractivity contribution in [2.45, 2.75) is 25.8 Å². The minimum Gasteiger partial charge on any atom is -0.480 e. The summed E-state index contributed by atoms with van der Waals surface area (Å²) in [6.07, 6.45) is 0.0565. The van der Waals surface area contributed by atoms with Gasteiger partial charge in [0, 0.05) is 12.4 Å². The van der Waals surface area contributed by atoms with Crippen molar-refractivity contribution in [3.63, 3.8) is 0 Å². The van der Waals surface area contributed by atoms with E-state index in [0.29, 0.717) is 10.8 Å². The van der Waals surface area contributed by atoms with E-state index in [0.717, 1.165) is 0 Å². The normalized spacial score (nSPS) is 11.2. The molecule has 1 amide bonds. The second kappa shape index (κ2) is 4.70. The van der Waals surface area contributed by atoms with Crippen molar-refractivity contribution in [2.24, 2.45) is 0 Å². The summed E-state index contributed by atoms with van der Waals surface area (Å²) in [6, 6.07) is 0. The average Bonchev–Trinajstić information content (AvgIpc) is 2.62. The minimum atomic E-state index is -1.24. The molecular formula is C10H15N3O3S. The van der Waals surface area contributed by atoms with Crippen LogP contribution in [0.1, 0.15) is 19.5 Å². The highest BCUT2D eigenvalue weighted by Crippen LogP contribution is 2.16. The van der Waals surface area contributed by atoms with Gasteiger partial charge in [0.05, 0.1) is 12.1 Å². The van der Waals surface area contributed by atoms with Crippen molar-refractivity contribution < 1.29 is 14.7 Å². The fraction of sp³-hybridized carbons (Fsp3) is 0.500. The molecule has 0 radical (unpaired) electrons. The Morgan fingerprint density at radius 1 is 1.59 bits per heavy atom. The van der Waals surface area contributed by atoms with Gasteiger partial charge in [-0.3, -0.25) is 4.79 Å². The van der Waals surface area contributed by atoms with Crippen molar-refractivity contribution in [2.75, 3.05) is 12.8 Å². The number of likely N-dealkylation sites (N-methyl/N-ethyl adjacent to an activating group) is 1. The van der Waals surface area contributed by atoms with Crippen LogP contribution >= 0.6 is 11.3 Å². The van der Waals surface area contributed by atoms with Crippen LogP contribution in [0.5, 0.6) is 0 Å². The third kappa shape index (κ3) is 2.94. The fourth-order valence-electron chi connectivity index (χ4n) is 1.13. The molecule has 7 heteroatoms. The summed E-state index contributed by atoms with van der Waals surface area (Å²) in [4.78, 5) is 28.0. The Morgan fingerprint density at radius 3 is 2.59 bits per heavy atom. The summed E-state index contributed by atoms with van der Waals surface area (Å²) >= 11 is 1.25. The number of carboxylic acid groups (broad SMARTS) is 1. The van der Waals surface area contributed by atoms with E-state index < -0.39 is 11.5 Å². The summed E-state index contributed by atoms with van der Waals surface area (Å²) in [6.45, 7) is 2.95. The number of anilines is 1. The summed E-state index contributed by atoms with van der Waals surface area (Å²) < 4.78 is 0. The van der Waals surface area contributed by atoms with Gasteiger partial charge < -0.3 is 15.7 Å². The molecule has 17 heavy (non-hydrogen) atoms. The average molecular weight is 257 g/mol. The standard InChI is InChI=1S/C10H15N3O3S/c1-10(2,8(15)16)13(3)7(14)4-6-5-17-9(11)12-6/h5H,4H2,1-3H3,(H2,11,12)(H,15,16). The van der Waals surface area contributed by atoms with Crippen molar-refractivity contribution in [1.29, 1.82) is 0 Å². The lowest BCUT2D eigenvalue weighted by Crippen LogP contribution is -2.51.